The van der Waals surface area contributed by atoms with Crippen LogP contribution in [0, 0.1) is 0 Å². The number of likely N-dealkylation sites (N-methyl/N-ethyl adjacent to an activating group) is 2. The quantitative estimate of drug-likeness (QED) is 0.891. The van der Waals surface area contributed by atoms with E-state index < -0.39 is 0 Å². The predicted molar refractivity (Wildman–Crippen MR) is 76.7 cm³/mol. The number of thiazole rings is 1. The van der Waals surface area contributed by atoms with Crippen molar-refractivity contribution < 1.29 is 5.11 Å². The molecule has 19 heavy (non-hydrogen) atoms. The number of hydrogen-bond donors (Lipinski definition) is 1. The molecule has 0 bridgehead atoms. The summed E-state index contributed by atoms with van der Waals surface area (Å²) in [6.07, 6.45) is 4.28. The van der Waals surface area contributed by atoms with Gasteiger partial charge in [0.05, 0.1) is 11.8 Å². The van der Waals surface area contributed by atoms with Crippen molar-refractivity contribution in [1.29, 1.82) is 0 Å². The molecule has 0 radical (unpaired) electrons. The molecule has 2 aromatic heterocycles. The van der Waals surface area contributed by atoms with Crippen molar-refractivity contribution in [2.75, 3.05) is 33.7 Å². The first-order valence-corrected chi connectivity index (χ1v) is 7.49. The summed E-state index contributed by atoms with van der Waals surface area (Å²) < 4.78 is 2.02. The van der Waals surface area contributed by atoms with Gasteiger partial charge in [0, 0.05) is 49.9 Å². The number of imidazole rings is 1. The van der Waals surface area contributed by atoms with Gasteiger partial charge in [-0.05, 0) is 14.1 Å². The Hall–Kier alpha value is -0.950. The maximum atomic E-state index is 10.5. The summed E-state index contributed by atoms with van der Waals surface area (Å²) >= 11 is 1.62. The first kappa shape index (κ1) is 13.1. The normalized spacial score (nSPS) is 24.1. The number of hydrogen-bond acceptors (Lipinski definition) is 5. The number of fused-ring (bicyclic) bond motifs is 1. The van der Waals surface area contributed by atoms with Crippen molar-refractivity contribution in [3.05, 3.63) is 23.5 Å². The van der Waals surface area contributed by atoms with E-state index in [4.69, 9.17) is 0 Å². The first-order valence-electron chi connectivity index (χ1n) is 6.61. The lowest BCUT2D eigenvalue weighted by atomic mass is 10.0. The van der Waals surface area contributed by atoms with Crippen molar-refractivity contribution in [2.45, 2.75) is 18.6 Å². The highest BCUT2D eigenvalue weighted by Crippen LogP contribution is 2.16. The molecule has 1 saturated heterocycles. The standard InChI is InChI=1S/C13H20N4OS/c1-15-3-4-16(2)11(9-15)12(18)7-10-8-17-5-6-19-13(17)14-10/h5-6,8,11-12,18H,3-4,7,9H2,1-2H3. The van der Waals surface area contributed by atoms with Crippen LogP contribution in [0.15, 0.2) is 17.8 Å². The van der Waals surface area contributed by atoms with Crippen LogP contribution in [0.25, 0.3) is 4.96 Å². The molecule has 1 aliphatic rings. The van der Waals surface area contributed by atoms with Gasteiger partial charge in [-0.3, -0.25) is 9.30 Å². The van der Waals surface area contributed by atoms with Crippen molar-refractivity contribution in [1.82, 2.24) is 19.2 Å². The van der Waals surface area contributed by atoms with E-state index in [2.05, 4.69) is 28.9 Å². The Labute approximate surface area is 117 Å². The maximum Gasteiger partial charge on any atom is 0.193 e. The van der Waals surface area contributed by atoms with E-state index in [1.807, 2.05) is 22.2 Å². The second-order valence-electron chi connectivity index (χ2n) is 5.41. The lowest BCUT2D eigenvalue weighted by Gasteiger charge is -2.40. The Kier molecular flexibility index (Phi) is 3.58. The van der Waals surface area contributed by atoms with Gasteiger partial charge in [0.15, 0.2) is 4.96 Å². The Morgan fingerprint density at radius 3 is 3.11 bits per heavy atom. The van der Waals surface area contributed by atoms with Crippen LogP contribution in [0.1, 0.15) is 5.69 Å². The van der Waals surface area contributed by atoms with Crippen molar-refractivity contribution >= 4 is 16.3 Å². The van der Waals surface area contributed by atoms with E-state index in [1.165, 1.54) is 0 Å². The fraction of sp³-hybridized carbons (Fsp3) is 0.615. The molecule has 2 unspecified atom stereocenters. The van der Waals surface area contributed by atoms with Gasteiger partial charge in [-0.1, -0.05) is 0 Å². The number of rotatable bonds is 3. The number of aromatic nitrogens is 2. The zero-order chi connectivity index (χ0) is 13.4. The summed E-state index contributed by atoms with van der Waals surface area (Å²) in [5, 5.41) is 12.5. The summed E-state index contributed by atoms with van der Waals surface area (Å²) in [5.41, 5.74) is 0.973. The lowest BCUT2D eigenvalue weighted by molar-refractivity contribution is 0.0149. The zero-order valence-electron chi connectivity index (χ0n) is 11.4. The van der Waals surface area contributed by atoms with Crippen LogP contribution in [-0.2, 0) is 6.42 Å². The van der Waals surface area contributed by atoms with Crippen LogP contribution in [0.4, 0.5) is 0 Å². The SMILES string of the molecule is CN1CCN(C)C(C(O)Cc2cn3ccsc3n2)C1. The molecule has 0 saturated carbocycles. The lowest BCUT2D eigenvalue weighted by Crippen LogP contribution is -2.55. The first-order chi connectivity index (χ1) is 9.13. The molecule has 2 atom stereocenters. The topological polar surface area (TPSA) is 44.0 Å². The Bertz CT molecular complexity index is 523. The average molecular weight is 280 g/mol. The molecule has 3 rings (SSSR count). The minimum atomic E-state index is -0.364. The maximum absolute atomic E-state index is 10.5. The zero-order valence-corrected chi connectivity index (χ0v) is 12.2. The van der Waals surface area contributed by atoms with Crippen LogP contribution >= 0.6 is 11.3 Å². The molecule has 2 aromatic rings. The van der Waals surface area contributed by atoms with E-state index >= 15 is 0 Å². The molecule has 1 N–H and O–H groups in total. The van der Waals surface area contributed by atoms with Gasteiger partial charge in [-0.25, -0.2) is 4.98 Å². The minimum Gasteiger partial charge on any atom is -0.391 e. The van der Waals surface area contributed by atoms with Crippen LogP contribution in [-0.4, -0.2) is 70.2 Å². The Morgan fingerprint density at radius 1 is 1.47 bits per heavy atom. The average Bonchev–Trinajstić information content (AvgIpc) is 2.92. The fourth-order valence-corrected chi connectivity index (χ4v) is 3.40. The van der Waals surface area contributed by atoms with E-state index in [0.717, 1.165) is 30.3 Å². The number of aliphatic hydroxyl groups excluding tert-OH is 1. The third-order valence-corrected chi connectivity index (χ3v) is 4.68. The molecule has 0 amide bonds. The second kappa shape index (κ2) is 5.20. The number of aliphatic hydroxyl groups is 1. The number of piperazine rings is 1. The van der Waals surface area contributed by atoms with E-state index in [9.17, 15) is 5.11 Å². The van der Waals surface area contributed by atoms with Gasteiger partial charge in [-0.15, -0.1) is 11.3 Å². The summed E-state index contributed by atoms with van der Waals surface area (Å²) in [4.78, 5) is 10.1. The second-order valence-corrected chi connectivity index (χ2v) is 6.28. The van der Waals surface area contributed by atoms with Gasteiger partial charge >= 0.3 is 0 Å². The summed E-state index contributed by atoms with van der Waals surface area (Å²) in [6, 6.07) is 0.193. The molecule has 6 heteroatoms. The van der Waals surface area contributed by atoms with Crippen LogP contribution in [0.5, 0.6) is 0 Å². The van der Waals surface area contributed by atoms with Gasteiger partial charge in [0.25, 0.3) is 0 Å². The van der Waals surface area contributed by atoms with Crippen molar-refractivity contribution in [3.63, 3.8) is 0 Å². The molecule has 3 heterocycles. The van der Waals surface area contributed by atoms with Crippen LogP contribution in [0.3, 0.4) is 0 Å². The van der Waals surface area contributed by atoms with E-state index in [1.54, 1.807) is 11.3 Å². The van der Waals surface area contributed by atoms with Crippen LogP contribution in [0.2, 0.25) is 0 Å². The highest BCUT2D eigenvalue weighted by molar-refractivity contribution is 7.15. The van der Waals surface area contributed by atoms with E-state index in [0.29, 0.717) is 6.42 Å². The molecular formula is C13H20N4OS. The molecule has 1 aliphatic heterocycles. The Morgan fingerprint density at radius 2 is 2.32 bits per heavy atom. The molecule has 104 valence electrons. The minimum absolute atomic E-state index is 0.193. The molecule has 5 nitrogen and oxygen atoms in total. The van der Waals surface area contributed by atoms with Crippen molar-refractivity contribution in [3.8, 4) is 0 Å². The molecule has 0 aliphatic carbocycles. The highest BCUT2D eigenvalue weighted by Gasteiger charge is 2.29. The van der Waals surface area contributed by atoms with Gasteiger partial charge in [-0.2, -0.15) is 0 Å². The monoisotopic (exact) mass is 280 g/mol. The molecular weight excluding hydrogens is 260 g/mol. The Balaban J connectivity index is 1.69. The molecule has 0 aromatic carbocycles. The molecule has 1 fully saturated rings. The van der Waals surface area contributed by atoms with Crippen molar-refractivity contribution in [2.24, 2.45) is 0 Å². The third kappa shape index (κ3) is 2.67. The summed E-state index contributed by atoms with van der Waals surface area (Å²) in [6.45, 7) is 3.00. The predicted octanol–water partition coefficient (Wildman–Crippen LogP) is 0.545. The molecule has 0 spiro atoms. The summed E-state index contributed by atoms with van der Waals surface area (Å²) in [7, 11) is 4.20. The van der Waals surface area contributed by atoms with Gasteiger partial charge in [0.1, 0.15) is 0 Å². The van der Waals surface area contributed by atoms with E-state index in [-0.39, 0.29) is 12.1 Å². The smallest absolute Gasteiger partial charge is 0.193 e. The fourth-order valence-electron chi connectivity index (χ4n) is 2.68. The third-order valence-electron chi connectivity index (χ3n) is 3.90. The highest BCUT2D eigenvalue weighted by atomic mass is 32.1. The van der Waals surface area contributed by atoms with Gasteiger partial charge < -0.3 is 10.0 Å². The van der Waals surface area contributed by atoms with Crippen LogP contribution < -0.4 is 0 Å². The largest absolute Gasteiger partial charge is 0.391 e. The van der Waals surface area contributed by atoms with Gasteiger partial charge in [0.2, 0.25) is 0 Å². The summed E-state index contributed by atoms with van der Waals surface area (Å²) in [5.74, 6) is 0. The number of nitrogens with zero attached hydrogens (tertiary/aromatic N) is 4.